The summed E-state index contributed by atoms with van der Waals surface area (Å²) in [5.74, 6) is 0.823. The molecule has 5 rings (SSSR count). The molecule has 2 bridgehead atoms. The molecule has 9 heteroatoms. The number of carbonyl (C=O) groups is 1. The van der Waals surface area contributed by atoms with E-state index in [2.05, 4.69) is 49.3 Å². The standard InChI is InChI=1S/C29H44N4O4S/c1-19(2)32-23-7-8-24(32)18-26(17-23)37-25-9-10-27-22(15-25)16-28(33(27)20(3)4)29(34)30-11-13-31(14-12-30)38(35,36)21(5)6/h9-10,15-16,19-21,23-24,26H,7-8,11-14,17-18H2,1-6H3/t23-,24+,26?. The van der Waals surface area contributed by atoms with Crippen LogP contribution in [0.15, 0.2) is 24.3 Å². The summed E-state index contributed by atoms with van der Waals surface area (Å²) >= 11 is 0. The first-order valence-electron chi connectivity index (χ1n) is 14.3. The van der Waals surface area contributed by atoms with Crippen LogP contribution < -0.4 is 4.74 Å². The Kier molecular flexibility index (Phi) is 7.57. The third-order valence-electron chi connectivity index (χ3n) is 8.67. The number of piperazine rings is 1. The van der Waals surface area contributed by atoms with Crippen molar-refractivity contribution in [3.63, 3.8) is 0 Å². The zero-order chi connectivity index (χ0) is 27.4. The first-order valence-corrected chi connectivity index (χ1v) is 15.8. The Morgan fingerprint density at radius 3 is 2.08 bits per heavy atom. The van der Waals surface area contributed by atoms with Crippen LogP contribution in [0.4, 0.5) is 0 Å². The van der Waals surface area contributed by atoms with Crippen molar-refractivity contribution in [1.82, 2.24) is 18.7 Å². The number of nitrogens with zero attached hydrogens (tertiary/aromatic N) is 4. The van der Waals surface area contributed by atoms with Gasteiger partial charge in [0.15, 0.2) is 0 Å². The Morgan fingerprint density at radius 1 is 0.895 bits per heavy atom. The van der Waals surface area contributed by atoms with E-state index in [1.807, 2.05) is 12.1 Å². The van der Waals surface area contributed by atoms with Gasteiger partial charge in [-0.05, 0) is 91.5 Å². The smallest absolute Gasteiger partial charge is 0.270 e. The second-order valence-electron chi connectivity index (χ2n) is 12.1. The Labute approximate surface area is 227 Å². The molecule has 4 heterocycles. The second kappa shape index (κ2) is 10.5. The van der Waals surface area contributed by atoms with Crippen molar-refractivity contribution < 1.29 is 17.9 Å². The summed E-state index contributed by atoms with van der Waals surface area (Å²) in [5.41, 5.74) is 1.67. The molecule has 210 valence electrons. The molecule has 3 atom stereocenters. The average molecular weight is 545 g/mol. The molecule has 3 aliphatic heterocycles. The third-order valence-corrected chi connectivity index (χ3v) is 10.9. The highest BCUT2D eigenvalue weighted by atomic mass is 32.2. The fourth-order valence-corrected chi connectivity index (χ4v) is 8.18. The van der Waals surface area contributed by atoms with Crippen molar-refractivity contribution in [1.29, 1.82) is 0 Å². The first kappa shape index (κ1) is 27.5. The van der Waals surface area contributed by atoms with E-state index in [-0.39, 0.29) is 18.1 Å². The first-order chi connectivity index (χ1) is 18.0. The Morgan fingerprint density at radius 2 is 1.53 bits per heavy atom. The molecule has 0 saturated carbocycles. The van der Waals surface area contributed by atoms with Crippen molar-refractivity contribution in [2.45, 2.75) is 103 Å². The van der Waals surface area contributed by atoms with Gasteiger partial charge in [0.05, 0.1) is 5.25 Å². The lowest BCUT2D eigenvalue weighted by molar-refractivity contribution is 0.0308. The van der Waals surface area contributed by atoms with Crippen LogP contribution in [0.5, 0.6) is 5.75 Å². The minimum atomic E-state index is -3.31. The van der Waals surface area contributed by atoms with Gasteiger partial charge in [0.1, 0.15) is 17.5 Å². The van der Waals surface area contributed by atoms with E-state index in [0.29, 0.717) is 50.0 Å². The number of piperidine rings is 1. The van der Waals surface area contributed by atoms with Crippen LogP contribution in [0.2, 0.25) is 0 Å². The van der Waals surface area contributed by atoms with Crippen molar-refractivity contribution in [3.8, 4) is 5.75 Å². The average Bonchev–Trinajstić information content (AvgIpc) is 3.38. The zero-order valence-electron chi connectivity index (χ0n) is 23.8. The predicted molar refractivity (Wildman–Crippen MR) is 151 cm³/mol. The van der Waals surface area contributed by atoms with E-state index in [0.717, 1.165) is 29.5 Å². The van der Waals surface area contributed by atoms with Crippen LogP contribution in [0.3, 0.4) is 0 Å². The SMILES string of the molecule is CC(C)N1[C@@H]2CC[C@H]1CC(Oc1ccc3c(c1)cc(C(=O)N1CCN(S(=O)(=O)C(C)C)CC1)n3C(C)C)C2. The van der Waals surface area contributed by atoms with Crippen LogP contribution in [0, 0.1) is 0 Å². The number of amides is 1. The molecule has 3 fully saturated rings. The number of sulfonamides is 1. The van der Waals surface area contributed by atoms with E-state index in [9.17, 15) is 13.2 Å². The van der Waals surface area contributed by atoms with Gasteiger partial charge in [-0.25, -0.2) is 8.42 Å². The number of rotatable bonds is 7. The van der Waals surface area contributed by atoms with Crippen molar-refractivity contribution in [2.75, 3.05) is 26.2 Å². The molecule has 3 saturated heterocycles. The highest BCUT2D eigenvalue weighted by Crippen LogP contribution is 2.39. The molecular weight excluding hydrogens is 500 g/mol. The Balaban J connectivity index is 1.33. The lowest BCUT2D eigenvalue weighted by atomic mass is 9.98. The molecule has 38 heavy (non-hydrogen) atoms. The molecule has 0 spiro atoms. The van der Waals surface area contributed by atoms with Crippen LogP contribution in [-0.4, -0.2) is 88.7 Å². The number of hydrogen-bond donors (Lipinski definition) is 0. The fourth-order valence-electron chi connectivity index (χ4n) is 6.91. The molecule has 0 N–H and O–H groups in total. The quantitative estimate of drug-likeness (QED) is 0.513. The highest BCUT2D eigenvalue weighted by molar-refractivity contribution is 7.89. The van der Waals surface area contributed by atoms with Gasteiger partial charge >= 0.3 is 0 Å². The lowest BCUT2D eigenvalue weighted by Crippen LogP contribution is -2.52. The summed E-state index contributed by atoms with van der Waals surface area (Å²) < 4.78 is 35.3. The second-order valence-corrected chi connectivity index (χ2v) is 14.6. The van der Waals surface area contributed by atoms with Crippen molar-refractivity contribution >= 4 is 26.8 Å². The molecule has 8 nitrogen and oxygen atoms in total. The van der Waals surface area contributed by atoms with Gasteiger partial charge in [-0.2, -0.15) is 4.31 Å². The van der Waals surface area contributed by atoms with Crippen LogP contribution in [0.1, 0.15) is 83.8 Å². The van der Waals surface area contributed by atoms with Gasteiger partial charge in [0.2, 0.25) is 10.0 Å². The fraction of sp³-hybridized carbons (Fsp3) is 0.690. The van der Waals surface area contributed by atoms with Gasteiger partial charge in [-0.3, -0.25) is 9.69 Å². The van der Waals surface area contributed by atoms with Crippen LogP contribution in [-0.2, 0) is 10.0 Å². The summed E-state index contributed by atoms with van der Waals surface area (Å²) in [6, 6.07) is 10.1. The topological polar surface area (TPSA) is 75.1 Å². The third kappa shape index (κ3) is 4.97. The number of fused-ring (bicyclic) bond motifs is 3. The maximum atomic E-state index is 13.7. The molecule has 1 aromatic carbocycles. The monoisotopic (exact) mass is 544 g/mol. The molecule has 1 aromatic heterocycles. The minimum Gasteiger partial charge on any atom is -0.490 e. The van der Waals surface area contributed by atoms with Gasteiger partial charge in [-0.15, -0.1) is 0 Å². The lowest BCUT2D eigenvalue weighted by Gasteiger charge is -2.41. The molecule has 2 aromatic rings. The molecular formula is C29H44N4O4S. The number of aromatic nitrogens is 1. The van der Waals surface area contributed by atoms with E-state index in [1.54, 1.807) is 18.7 Å². The Bertz CT molecular complexity index is 1260. The largest absolute Gasteiger partial charge is 0.490 e. The molecule has 3 aliphatic rings. The zero-order valence-corrected chi connectivity index (χ0v) is 24.6. The number of hydrogen-bond acceptors (Lipinski definition) is 5. The molecule has 1 amide bonds. The normalized spacial score (nSPS) is 25.3. The van der Waals surface area contributed by atoms with E-state index < -0.39 is 15.3 Å². The van der Waals surface area contributed by atoms with Gasteiger partial charge in [0, 0.05) is 61.2 Å². The number of carbonyl (C=O) groups excluding carboxylic acids is 1. The predicted octanol–water partition coefficient (Wildman–Crippen LogP) is 4.50. The van der Waals surface area contributed by atoms with E-state index in [1.165, 1.54) is 17.1 Å². The van der Waals surface area contributed by atoms with Crippen molar-refractivity contribution in [2.24, 2.45) is 0 Å². The van der Waals surface area contributed by atoms with Crippen LogP contribution in [0.25, 0.3) is 10.9 Å². The van der Waals surface area contributed by atoms with Gasteiger partial charge < -0.3 is 14.2 Å². The summed E-state index contributed by atoms with van der Waals surface area (Å²) in [5, 5.41) is 0.547. The van der Waals surface area contributed by atoms with E-state index >= 15 is 0 Å². The maximum absolute atomic E-state index is 13.7. The molecule has 1 unspecified atom stereocenters. The van der Waals surface area contributed by atoms with Crippen molar-refractivity contribution in [3.05, 3.63) is 30.0 Å². The number of ether oxygens (including phenoxy) is 1. The van der Waals surface area contributed by atoms with Crippen LogP contribution >= 0.6 is 0 Å². The van der Waals surface area contributed by atoms with E-state index in [4.69, 9.17) is 4.74 Å². The van der Waals surface area contributed by atoms with Gasteiger partial charge in [-0.1, -0.05) is 0 Å². The summed E-state index contributed by atoms with van der Waals surface area (Å²) in [6.07, 6.45) is 4.90. The number of benzene rings is 1. The molecule has 0 aliphatic carbocycles. The maximum Gasteiger partial charge on any atom is 0.270 e. The molecule has 0 radical (unpaired) electrons. The Hall–Kier alpha value is -2.10. The summed E-state index contributed by atoms with van der Waals surface area (Å²) in [4.78, 5) is 18.1. The van der Waals surface area contributed by atoms with Gasteiger partial charge in [0.25, 0.3) is 5.91 Å². The summed E-state index contributed by atoms with van der Waals surface area (Å²) in [7, 11) is -3.31. The highest BCUT2D eigenvalue weighted by Gasteiger charge is 2.42. The minimum absolute atomic E-state index is 0.0448. The summed E-state index contributed by atoms with van der Waals surface area (Å²) in [6.45, 7) is 13.6.